The molecule has 1 aromatic carbocycles. The van der Waals surface area contributed by atoms with E-state index in [1.165, 1.54) is 0 Å². The van der Waals surface area contributed by atoms with E-state index in [2.05, 4.69) is 15.9 Å². The average molecular weight is 286 g/mol. The van der Waals surface area contributed by atoms with Gasteiger partial charge in [0.25, 0.3) is 0 Å². The van der Waals surface area contributed by atoms with Gasteiger partial charge in [-0.3, -0.25) is 4.79 Å². The zero-order valence-corrected chi connectivity index (χ0v) is 10.1. The van der Waals surface area contributed by atoms with Gasteiger partial charge in [0.1, 0.15) is 11.6 Å². The number of halogens is 1. The van der Waals surface area contributed by atoms with Gasteiger partial charge in [-0.2, -0.15) is 0 Å². The Bertz CT molecular complexity index is 406. The Morgan fingerprint density at radius 2 is 2.12 bits per heavy atom. The third-order valence-corrected chi connectivity index (χ3v) is 3.37. The summed E-state index contributed by atoms with van der Waals surface area (Å²) in [4.78, 5) is 11.2. The normalized spacial score (nSPS) is 29.2. The third-order valence-electron chi connectivity index (χ3n) is 2.84. The van der Waals surface area contributed by atoms with Crippen LogP contribution >= 0.6 is 15.9 Å². The van der Waals surface area contributed by atoms with E-state index in [4.69, 9.17) is 15.6 Å². The molecule has 2 rings (SSSR count). The third kappa shape index (κ3) is 1.86. The van der Waals surface area contributed by atoms with Crippen LogP contribution < -0.4 is 5.73 Å². The van der Waals surface area contributed by atoms with Crippen molar-refractivity contribution in [2.24, 2.45) is 5.73 Å². The lowest BCUT2D eigenvalue weighted by molar-refractivity contribution is -0.145. The zero-order chi connectivity index (χ0) is 11.8. The van der Waals surface area contributed by atoms with Crippen LogP contribution in [0, 0.1) is 0 Å². The summed E-state index contributed by atoms with van der Waals surface area (Å²) in [6.07, 6.45) is -0.235. The molecule has 1 aliphatic rings. The molecule has 1 aliphatic heterocycles. The number of carboxylic acid groups (broad SMARTS) is 1. The van der Waals surface area contributed by atoms with Gasteiger partial charge in [0.15, 0.2) is 0 Å². The number of hydrogen-bond donors (Lipinski definition) is 2. The van der Waals surface area contributed by atoms with E-state index < -0.39 is 17.6 Å². The Morgan fingerprint density at radius 3 is 2.69 bits per heavy atom. The molecule has 0 aliphatic carbocycles. The number of ether oxygens (including phenoxy) is 1. The molecule has 0 aromatic heterocycles. The fourth-order valence-corrected chi connectivity index (χ4v) is 2.14. The minimum Gasteiger partial charge on any atom is -0.480 e. The van der Waals surface area contributed by atoms with Crippen LogP contribution in [0.25, 0.3) is 0 Å². The second kappa shape index (κ2) is 4.16. The molecule has 4 nitrogen and oxygen atoms in total. The van der Waals surface area contributed by atoms with Crippen molar-refractivity contribution in [3.8, 4) is 0 Å². The molecule has 86 valence electrons. The van der Waals surface area contributed by atoms with Crippen molar-refractivity contribution < 1.29 is 14.6 Å². The molecule has 0 amide bonds. The van der Waals surface area contributed by atoms with Crippen LogP contribution in [0.5, 0.6) is 0 Å². The van der Waals surface area contributed by atoms with Crippen LogP contribution in [-0.4, -0.2) is 23.2 Å². The predicted octanol–water partition coefficient (Wildman–Crippen LogP) is 1.69. The Labute approximate surface area is 102 Å². The molecule has 16 heavy (non-hydrogen) atoms. The van der Waals surface area contributed by atoms with Gasteiger partial charge in [0, 0.05) is 17.5 Å². The van der Waals surface area contributed by atoms with Crippen LogP contribution in [0.1, 0.15) is 18.1 Å². The van der Waals surface area contributed by atoms with Crippen molar-refractivity contribution in [3.63, 3.8) is 0 Å². The SMILES string of the molecule is N[C@@]1(C(=O)O)CCO[C@@H]1c1ccc(Br)cc1. The largest absolute Gasteiger partial charge is 0.480 e. The van der Waals surface area contributed by atoms with E-state index in [1.54, 1.807) is 0 Å². The Hall–Kier alpha value is -0.910. The fraction of sp³-hybridized carbons (Fsp3) is 0.364. The zero-order valence-electron chi connectivity index (χ0n) is 8.52. The van der Waals surface area contributed by atoms with Crippen LogP contribution in [0.3, 0.4) is 0 Å². The van der Waals surface area contributed by atoms with Crippen molar-refractivity contribution in [1.82, 2.24) is 0 Å². The number of carbonyl (C=O) groups is 1. The molecule has 1 aromatic rings. The van der Waals surface area contributed by atoms with Gasteiger partial charge < -0.3 is 15.6 Å². The molecule has 0 bridgehead atoms. The second-order valence-corrected chi connectivity index (χ2v) is 4.81. The van der Waals surface area contributed by atoms with Crippen LogP contribution in [0.15, 0.2) is 28.7 Å². The van der Waals surface area contributed by atoms with E-state index in [-0.39, 0.29) is 0 Å². The Balaban J connectivity index is 2.33. The number of nitrogens with two attached hydrogens (primary N) is 1. The highest BCUT2D eigenvalue weighted by Crippen LogP contribution is 2.36. The summed E-state index contributed by atoms with van der Waals surface area (Å²) < 4.78 is 6.37. The average Bonchev–Trinajstić information content (AvgIpc) is 2.63. The maximum atomic E-state index is 11.2. The van der Waals surface area contributed by atoms with E-state index in [1.807, 2.05) is 24.3 Å². The number of rotatable bonds is 2. The Morgan fingerprint density at radius 1 is 1.50 bits per heavy atom. The summed E-state index contributed by atoms with van der Waals surface area (Å²) in [6.45, 7) is 0.379. The number of hydrogen-bond acceptors (Lipinski definition) is 3. The first-order valence-electron chi connectivity index (χ1n) is 4.93. The smallest absolute Gasteiger partial charge is 0.326 e. The number of carboxylic acids is 1. The van der Waals surface area contributed by atoms with Crippen molar-refractivity contribution >= 4 is 21.9 Å². The van der Waals surface area contributed by atoms with Crippen LogP contribution in [0.2, 0.25) is 0 Å². The van der Waals surface area contributed by atoms with Gasteiger partial charge in [-0.05, 0) is 17.7 Å². The number of aliphatic carboxylic acids is 1. The molecular formula is C11H12BrNO3. The first kappa shape index (κ1) is 11.6. The lowest BCUT2D eigenvalue weighted by Crippen LogP contribution is -2.50. The summed E-state index contributed by atoms with van der Waals surface area (Å²) in [5.41, 5.74) is 5.37. The Kier molecular flexibility index (Phi) is 3.01. The lowest BCUT2D eigenvalue weighted by atomic mass is 9.88. The fourth-order valence-electron chi connectivity index (χ4n) is 1.88. The minimum absolute atomic E-state index is 0.336. The second-order valence-electron chi connectivity index (χ2n) is 3.90. The molecule has 1 fully saturated rings. The first-order valence-corrected chi connectivity index (χ1v) is 5.73. The van der Waals surface area contributed by atoms with Crippen molar-refractivity contribution in [3.05, 3.63) is 34.3 Å². The highest BCUT2D eigenvalue weighted by molar-refractivity contribution is 9.10. The maximum Gasteiger partial charge on any atom is 0.326 e. The van der Waals surface area contributed by atoms with E-state index >= 15 is 0 Å². The standard InChI is InChI=1S/C11H12BrNO3/c12-8-3-1-7(2-4-8)9-11(13,10(14)15)5-6-16-9/h1-4,9H,5-6,13H2,(H,14,15)/t9-,11+/m1/s1. The van der Waals surface area contributed by atoms with Gasteiger partial charge >= 0.3 is 5.97 Å². The molecule has 0 radical (unpaired) electrons. The van der Waals surface area contributed by atoms with Crippen molar-refractivity contribution in [2.75, 3.05) is 6.61 Å². The van der Waals surface area contributed by atoms with Crippen molar-refractivity contribution in [1.29, 1.82) is 0 Å². The quantitative estimate of drug-likeness (QED) is 0.867. The van der Waals surface area contributed by atoms with Gasteiger partial charge in [0.05, 0.1) is 0 Å². The van der Waals surface area contributed by atoms with Gasteiger partial charge in [-0.1, -0.05) is 28.1 Å². The summed E-state index contributed by atoms with van der Waals surface area (Å²) >= 11 is 3.32. The molecule has 1 saturated heterocycles. The molecule has 5 heteroatoms. The molecular weight excluding hydrogens is 274 g/mol. The molecule has 0 spiro atoms. The molecule has 0 unspecified atom stereocenters. The van der Waals surface area contributed by atoms with Crippen molar-refractivity contribution in [2.45, 2.75) is 18.1 Å². The minimum atomic E-state index is -1.31. The summed E-state index contributed by atoms with van der Waals surface area (Å²) in [6, 6.07) is 7.34. The summed E-state index contributed by atoms with van der Waals surface area (Å²) in [7, 11) is 0. The highest BCUT2D eigenvalue weighted by atomic mass is 79.9. The van der Waals surface area contributed by atoms with Gasteiger partial charge in [-0.15, -0.1) is 0 Å². The summed E-state index contributed by atoms with van der Waals surface area (Å²) in [5, 5.41) is 9.14. The number of benzene rings is 1. The monoisotopic (exact) mass is 285 g/mol. The lowest BCUT2D eigenvalue weighted by Gasteiger charge is -2.25. The molecule has 1 heterocycles. The molecule has 2 atom stereocenters. The predicted molar refractivity (Wildman–Crippen MR) is 62.0 cm³/mol. The summed E-state index contributed by atoms with van der Waals surface area (Å²) in [5.74, 6) is -1.02. The van der Waals surface area contributed by atoms with E-state index in [0.29, 0.717) is 13.0 Å². The topological polar surface area (TPSA) is 72.6 Å². The first-order chi connectivity index (χ1) is 7.54. The van der Waals surface area contributed by atoms with Gasteiger partial charge in [0.2, 0.25) is 0 Å². The van der Waals surface area contributed by atoms with Crippen LogP contribution in [-0.2, 0) is 9.53 Å². The van der Waals surface area contributed by atoms with Crippen LogP contribution in [0.4, 0.5) is 0 Å². The molecule has 3 N–H and O–H groups in total. The van der Waals surface area contributed by atoms with E-state index in [0.717, 1.165) is 10.0 Å². The van der Waals surface area contributed by atoms with Gasteiger partial charge in [-0.25, -0.2) is 0 Å². The van der Waals surface area contributed by atoms with E-state index in [9.17, 15) is 4.79 Å². The maximum absolute atomic E-state index is 11.2. The molecule has 0 saturated carbocycles. The highest BCUT2D eigenvalue weighted by Gasteiger charge is 2.48.